The molecule has 1 aliphatic rings. The third-order valence-electron chi connectivity index (χ3n) is 2.47. The van der Waals surface area contributed by atoms with Crippen molar-refractivity contribution in [2.75, 3.05) is 0 Å². The predicted molar refractivity (Wildman–Crippen MR) is 49.2 cm³/mol. The zero-order valence-corrected chi connectivity index (χ0v) is 7.78. The standard InChI is InChI=1S/C11H12O2/c1-7-3-5-9(6-4-7)10-8(2)11(12)13-10/h3-6,8,10H,1-2H3/t8-,10-/m1/s1. The first-order valence-electron chi connectivity index (χ1n) is 4.45. The second-order valence-corrected chi connectivity index (χ2v) is 3.56. The monoisotopic (exact) mass is 176 g/mol. The van der Waals surface area contributed by atoms with Gasteiger partial charge in [-0.3, -0.25) is 4.79 Å². The van der Waals surface area contributed by atoms with Crippen molar-refractivity contribution in [1.29, 1.82) is 0 Å². The lowest BCUT2D eigenvalue weighted by Gasteiger charge is -2.32. The topological polar surface area (TPSA) is 26.3 Å². The summed E-state index contributed by atoms with van der Waals surface area (Å²) >= 11 is 0. The number of hydrogen-bond donors (Lipinski definition) is 0. The molecule has 1 fully saturated rings. The first-order valence-corrected chi connectivity index (χ1v) is 4.45. The number of carbonyl (C=O) groups excluding carboxylic acids is 1. The zero-order valence-electron chi connectivity index (χ0n) is 7.78. The largest absolute Gasteiger partial charge is 0.456 e. The van der Waals surface area contributed by atoms with Crippen LogP contribution in [0.2, 0.25) is 0 Å². The fraction of sp³-hybridized carbons (Fsp3) is 0.364. The SMILES string of the molecule is Cc1ccc([C@@H]2OC(=O)[C@@H]2C)cc1. The van der Waals surface area contributed by atoms with Gasteiger partial charge < -0.3 is 4.74 Å². The highest BCUT2D eigenvalue weighted by Gasteiger charge is 2.39. The molecular weight excluding hydrogens is 164 g/mol. The van der Waals surface area contributed by atoms with E-state index in [2.05, 4.69) is 0 Å². The average Bonchev–Trinajstić information content (AvgIpc) is 2.15. The summed E-state index contributed by atoms with van der Waals surface area (Å²) in [5.74, 6) is -0.0757. The minimum Gasteiger partial charge on any atom is -0.456 e. The smallest absolute Gasteiger partial charge is 0.313 e. The quantitative estimate of drug-likeness (QED) is 0.613. The van der Waals surface area contributed by atoms with Gasteiger partial charge in [-0.05, 0) is 19.4 Å². The fourth-order valence-corrected chi connectivity index (χ4v) is 1.50. The van der Waals surface area contributed by atoms with E-state index in [1.165, 1.54) is 5.56 Å². The van der Waals surface area contributed by atoms with Crippen molar-refractivity contribution < 1.29 is 9.53 Å². The van der Waals surface area contributed by atoms with Gasteiger partial charge in [-0.25, -0.2) is 0 Å². The van der Waals surface area contributed by atoms with Gasteiger partial charge in [0.15, 0.2) is 0 Å². The van der Waals surface area contributed by atoms with E-state index in [-0.39, 0.29) is 18.0 Å². The summed E-state index contributed by atoms with van der Waals surface area (Å²) < 4.78 is 5.04. The summed E-state index contributed by atoms with van der Waals surface area (Å²) in [5, 5.41) is 0. The lowest BCUT2D eigenvalue weighted by molar-refractivity contribution is -0.183. The van der Waals surface area contributed by atoms with Gasteiger partial charge in [0.1, 0.15) is 6.10 Å². The summed E-state index contributed by atoms with van der Waals surface area (Å²) in [6.45, 7) is 3.94. The van der Waals surface area contributed by atoms with Crippen LogP contribution in [0, 0.1) is 12.8 Å². The summed E-state index contributed by atoms with van der Waals surface area (Å²) in [5.41, 5.74) is 2.32. The van der Waals surface area contributed by atoms with Crippen molar-refractivity contribution >= 4 is 5.97 Å². The number of ether oxygens (including phenoxy) is 1. The van der Waals surface area contributed by atoms with Crippen molar-refractivity contribution in [3.8, 4) is 0 Å². The molecule has 2 rings (SSSR count). The molecule has 0 spiro atoms. The Morgan fingerprint density at radius 3 is 2.31 bits per heavy atom. The van der Waals surface area contributed by atoms with Gasteiger partial charge in [0.25, 0.3) is 0 Å². The van der Waals surface area contributed by atoms with E-state index in [9.17, 15) is 4.79 Å². The molecule has 1 heterocycles. The van der Waals surface area contributed by atoms with E-state index >= 15 is 0 Å². The Labute approximate surface area is 77.5 Å². The summed E-state index contributed by atoms with van der Waals surface area (Å²) in [6.07, 6.45) is -0.0203. The molecule has 1 aromatic rings. The maximum atomic E-state index is 10.9. The Balaban J connectivity index is 2.18. The van der Waals surface area contributed by atoms with Crippen LogP contribution in [-0.2, 0) is 9.53 Å². The predicted octanol–water partition coefficient (Wildman–Crippen LogP) is 2.23. The molecule has 2 nitrogen and oxygen atoms in total. The maximum Gasteiger partial charge on any atom is 0.313 e. The highest BCUT2D eigenvalue weighted by atomic mass is 16.6. The minimum atomic E-state index is -0.0921. The van der Waals surface area contributed by atoms with Crippen LogP contribution in [0.5, 0.6) is 0 Å². The van der Waals surface area contributed by atoms with Crippen LogP contribution in [0.1, 0.15) is 24.2 Å². The van der Waals surface area contributed by atoms with E-state index in [4.69, 9.17) is 4.74 Å². The van der Waals surface area contributed by atoms with Crippen molar-refractivity contribution in [2.45, 2.75) is 20.0 Å². The molecule has 68 valence electrons. The zero-order chi connectivity index (χ0) is 9.42. The van der Waals surface area contributed by atoms with Crippen LogP contribution in [0.15, 0.2) is 24.3 Å². The van der Waals surface area contributed by atoms with Gasteiger partial charge in [-0.1, -0.05) is 29.8 Å². The summed E-state index contributed by atoms with van der Waals surface area (Å²) in [7, 11) is 0. The third-order valence-corrected chi connectivity index (χ3v) is 2.47. The van der Waals surface area contributed by atoms with Crippen LogP contribution in [-0.4, -0.2) is 5.97 Å². The number of carbonyl (C=O) groups is 1. The van der Waals surface area contributed by atoms with Crippen molar-refractivity contribution in [1.82, 2.24) is 0 Å². The van der Waals surface area contributed by atoms with E-state index in [1.54, 1.807) is 0 Å². The van der Waals surface area contributed by atoms with Crippen LogP contribution in [0.3, 0.4) is 0 Å². The van der Waals surface area contributed by atoms with Crippen LogP contribution in [0.4, 0.5) is 0 Å². The molecule has 0 bridgehead atoms. The summed E-state index contributed by atoms with van der Waals surface area (Å²) in [6, 6.07) is 8.11. The van der Waals surface area contributed by atoms with Gasteiger partial charge in [0, 0.05) is 0 Å². The Kier molecular flexibility index (Phi) is 1.83. The molecule has 0 aromatic heterocycles. The molecule has 1 aliphatic heterocycles. The van der Waals surface area contributed by atoms with Crippen LogP contribution < -0.4 is 0 Å². The number of rotatable bonds is 1. The van der Waals surface area contributed by atoms with Gasteiger partial charge in [0.05, 0.1) is 5.92 Å². The minimum absolute atomic E-state index is 0.0164. The molecule has 2 atom stereocenters. The number of benzene rings is 1. The van der Waals surface area contributed by atoms with Gasteiger partial charge in [-0.15, -0.1) is 0 Å². The molecule has 0 saturated carbocycles. The average molecular weight is 176 g/mol. The Morgan fingerprint density at radius 2 is 1.85 bits per heavy atom. The molecule has 0 amide bonds. The number of cyclic esters (lactones) is 1. The molecule has 0 radical (unpaired) electrons. The second kappa shape index (κ2) is 2.87. The van der Waals surface area contributed by atoms with Crippen LogP contribution >= 0.6 is 0 Å². The fourth-order valence-electron chi connectivity index (χ4n) is 1.50. The van der Waals surface area contributed by atoms with Gasteiger partial charge in [0.2, 0.25) is 0 Å². The Bertz CT molecular complexity index is 326. The van der Waals surface area contributed by atoms with Crippen molar-refractivity contribution in [3.63, 3.8) is 0 Å². The molecule has 2 heteroatoms. The third kappa shape index (κ3) is 1.32. The molecular formula is C11H12O2. The number of aryl methyl sites for hydroxylation is 1. The first kappa shape index (κ1) is 8.30. The van der Waals surface area contributed by atoms with Gasteiger partial charge >= 0.3 is 5.97 Å². The first-order chi connectivity index (χ1) is 6.18. The highest BCUT2D eigenvalue weighted by molar-refractivity contribution is 5.78. The van der Waals surface area contributed by atoms with E-state index in [0.717, 1.165) is 5.56 Å². The van der Waals surface area contributed by atoms with Crippen molar-refractivity contribution in [2.24, 2.45) is 5.92 Å². The molecule has 13 heavy (non-hydrogen) atoms. The highest BCUT2D eigenvalue weighted by Crippen LogP contribution is 2.36. The molecule has 1 aromatic carbocycles. The number of esters is 1. The lowest BCUT2D eigenvalue weighted by atomic mass is 9.92. The lowest BCUT2D eigenvalue weighted by Crippen LogP contribution is -2.36. The Morgan fingerprint density at radius 1 is 1.23 bits per heavy atom. The molecule has 0 unspecified atom stereocenters. The molecule has 1 saturated heterocycles. The van der Waals surface area contributed by atoms with E-state index in [1.807, 2.05) is 38.1 Å². The summed E-state index contributed by atoms with van der Waals surface area (Å²) in [4.78, 5) is 10.9. The maximum absolute atomic E-state index is 10.9. The van der Waals surface area contributed by atoms with E-state index in [0.29, 0.717) is 0 Å². The second-order valence-electron chi connectivity index (χ2n) is 3.56. The number of hydrogen-bond acceptors (Lipinski definition) is 2. The normalized spacial score (nSPS) is 26.5. The van der Waals surface area contributed by atoms with Crippen molar-refractivity contribution in [3.05, 3.63) is 35.4 Å². The molecule has 0 N–H and O–H groups in total. The Hall–Kier alpha value is -1.31. The van der Waals surface area contributed by atoms with E-state index < -0.39 is 0 Å². The van der Waals surface area contributed by atoms with Gasteiger partial charge in [-0.2, -0.15) is 0 Å². The van der Waals surface area contributed by atoms with Crippen LogP contribution in [0.25, 0.3) is 0 Å². The molecule has 0 aliphatic carbocycles.